The molecule has 0 radical (unpaired) electrons. The third-order valence-electron chi connectivity index (χ3n) is 4.74. The minimum atomic E-state index is -0.00303. The first-order valence-electron chi connectivity index (χ1n) is 8.43. The predicted molar refractivity (Wildman–Crippen MR) is 92.1 cm³/mol. The van der Waals surface area contributed by atoms with E-state index in [1.807, 2.05) is 24.2 Å². The maximum absolute atomic E-state index is 12.6. The fourth-order valence-electron chi connectivity index (χ4n) is 3.32. The SMILES string of the molecule is Cc1cc(C(=O)N2CCN(Cc3cnc4cnccn34)[C@H](C)C2)n[nH]1. The average molecular weight is 339 g/mol. The molecule has 1 amide bonds. The highest BCUT2D eigenvalue weighted by atomic mass is 16.2. The van der Waals surface area contributed by atoms with Crippen LogP contribution in [0.2, 0.25) is 0 Å². The van der Waals surface area contributed by atoms with Gasteiger partial charge in [0.05, 0.1) is 18.1 Å². The Morgan fingerprint density at radius 1 is 1.36 bits per heavy atom. The van der Waals surface area contributed by atoms with E-state index in [-0.39, 0.29) is 11.9 Å². The number of amides is 1. The van der Waals surface area contributed by atoms with Crippen LogP contribution < -0.4 is 0 Å². The van der Waals surface area contributed by atoms with Crippen LogP contribution in [0.5, 0.6) is 0 Å². The van der Waals surface area contributed by atoms with Crippen LogP contribution >= 0.6 is 0 Å². The van der Waals surface area contributed by atoms with Crippen molar-refractivity contribution < 1.29 is 4.79 Å². The fraction of sp³-hybridized carbons (Fsp3) is 0.412. The van der Waals surface area contributed by atoms with Crippen LogP contribution in [0.15, 0.2) is 30.9 Å². The van der Waals surface area contributed by atoms with Crippen molar-refractivity contribution in [3.05, 3.63) is 47.9 Å². The molecular formula is C17H21N7O. The molecular weight excluding hydrogens is 318 g/mol. The second-order valence-electron chi connectivity index (χ2n) is 6.56. The van der Waals surface area contributed by atoms with Gasteiger partial charge in [-0.05, 0) is 19.9 Å². The van der Waals surface area contributed by atoms with E-state index >= 15 is 0 Å². The number of fused-ring (bicyclic) bond motifs is 1. The monoisotopic (exact) mass is 339 g/mol. The highest BCUT2D eigenvalue weighted by Crippen LogP contribution is 2.16. The molecule has 0 saturated carbocycles. The number of imidazole rings is 1. The molecule has 1 aliphatic rings. The van der Waals surface area contributed by atoms with Crippen molar-refractivity contribution in [2.75, 3.05) is 19.6 Å². The topological polar surface area (TPSA) is 82.4 Å². The average Bonchev–Trinajstić information content (AvgIpc) is 3.23. The number of aromatic nitrogens is 5. The number of hydrogen-bond donors (Lipinski definition) is 1. The lowest BCUT2D eigenvalue weighted by atomic mass is 10.1. The van der Waals surface area contributed by atoms with Gasteiger partial charge in [0.2, 0.25) is 0 Å². The van der Waals surface area contributed by atoms with Crippen LogP contribution in [0.1, 0.15) is 28.8 Å². The summed E-state index contributed by atoms with van der Waals surface area (Å²) in [5, 5.41) is 6.92. The molecule has 0 aromatic carbocycles. The zero-order valence-electron chi connectivity index (χ0n) is 14.4. The summed E-state index contributed by atoms with van der Waals surface area (Å²) in [6.45, 7) is 7.08. The second kappa shape index (κ2) is 6.29. The van der Waals surface area contributed by atoms with Gasteiger partial charge >= 0.3 is 0 Å². The summed E-state index contributed by atoms with van der Waals surface area (Å²) in [7, 11) is 0. The maximum atomic E-state index is 12.6. The molecule has 0 aliphatic carbocycles. The van der Waals surface area contributed by atoms with Crippen LogP contribution in [0.25, 0.3) is 5.65 Å². The highest BCUT2D eigenvalue weighted by Gasteiger charge is 2.28. The number of aryl methyl sites for hydroxylation is 1. The molecule has 8 nitrogen and oxygen atoms in total. The molecule has 130 valence electrons. The number of piperazine rings is 1. The van der Waals surface area contributed by atoms with Gasteiger partial charge in [0.25, 0.3) is 5.91 Å². The van der Waals surface area contributed by atoms with E-state index in [4.69, 9.17) is 0 Å². The van der Waals surface area contributed by atoms with Crippen molar-refractivity contribution in [3.63, 3.8) is 0 Å². The summed E-state index contributed by atoms with van der Waals surface area (Å²) in [4.78, 5) is 25.3. The van der Waals surface area contributed by atoms with Crippen LogP contribution in [-0.2, 0) is 6.54 Å². The first-order valence-corrected chi connectivity index (χ1v) is 8.43. The molecule has 0 unspecified atom stereocenters. The van der Waals surface area contributed by atoms with Crippen molar-refractivity contribution in [1.29, 1.82) is 0 Å². The molecule has 3 aromatic heterocycles. The summed E-state index contributed by atoms with van der Waals surface area (Å²) in [6.07, 6.45) is 7.36. The Morgan fingerprint density at radius 2 is 2.24 bits per heavy atom. The Labute approximate surface area is 145 Å². The largest absolute Gasteiger partial charge is 0.334 e. The van der Waals surface area contributed by atoms with E-state index in [1.54, 1.807) is 18.5 Å². The van der Waals surface area contributed by atoms with Crippen LogP contribution in [0, 0.1) is 6.92 Å². The molecule has 4 rings (SSSR count). The van der Waals surface area contributed by atoms with Crippen molar-refractivity contribution in [1.82, 2.24) is 34.4 Å². The molecule has 1 N–H and O–H groups in total. The number of nitrogens with one attached hydrogen (secondary N) is 1. The molecule has 1 atom stereocenters. The summed E-state index contributed by atoms with van der Waals surface area (Å²) in [5.41, 5.74) is 3.38. The first-order chi connectivity index (χ1) is 12.1. The van der Waals surface area contributed by atoms with Crippen molar-refractivity contribution in [2.24, 2.45) is 0 Å². The van der Waals surface area contributed by atoms with Gasteiger partial charge in [-0.15, -0.1) is 0 Å². The van der Waals surface area contributed by atoms with E-state index in [2.05, 4.69) is 36.4 Å². The number of rotatable bonds is 3. The molecule has 0 spiro atoms. The minimum absolute atomic E-state index is 0.00303. The third kappa shape index (κ3) is 3.00. The first kappa shape index (κ1) is 15.8. The van der Waals surface area contributed by atoms with Crippen molar-refractivity contribution >= 4 is 11.6 Å². The lowest BCUT2D eigenvalue weighted by Crippen LogP contribution is -2.53. The van der Waals surface area contributed by atoms with Gasteiger partial charge in [-0.3, -0.25) is 24.2 Å². The molecule has 1 saturated heterocycles. The van der Waals surface area contributed by atoms with Gasteiger partial charge < -0.3 is 4.90 Å². The maximum Gasteiger partial charge on any atom is 0.274 e. The summed E-state index contributed by atoms with van der Waals surface area (Å²) in [6, 6.07) is 2.07. The number of nitrogens with zero attached hydrogens (tertiary/aromatic N) is 6. The molecule has 25 heavy (non-hydrogen) atoms. The predicted octanol–water partition coefficient (Wildman–Crippen LogP) is 1.11. The van der Waals surface area contributed by atoms with Crippen molar-refractivity contribution in [3.8, 4) is 0 Å². The van der Waals surface area contributed by atoms with E-state index in [0.29, 0.717) is 18.8 Å². The van der Waals surface area contributed by atoms with Gasteiger partial charge in [0.15, 0.2) is 5.65 Å². The minimum Gasteiger partial charge on any atom is -0.334 e. The number of carbonyl (C=O) groups is 1. The third-order valence-corrected chi connectivity index (χ3v) is 4.74. The lowest BCUT2D eigenvalue weighted by molar-refractivity contribution is 0.0486. The van der Waals surface area contributed by atoms with E-state index in [9.17, 15) is 4.79 Å². The van der Waals surface area contributed by atoms with Gasteiger partial charge in [-0.25, -0.2) is 4.98 Å². The zero-order valence-corrected chi connectivity index (χ0v) is 14.4. The number of H-pyrrole nitrogens is 1. The quantitative estimate of drug-likeness (QED) is 0.773. The Balaban J connectivity index is 1.44. The molecule has 8 heteroatoms. The van der Waals surface area contributed by atoms with Crippen LogP contribution in [0.3, 0.4) is 0 Å². The summed E-state index contributed by atoms with van der Waals surface area (Å²) < 4.78 is 2.06. The smallest absolute Gasteiger partial charge is 0.274 e. The van der Waals surface area contributed by atoms with Gasteiger partial charge in [0, 0.05) is 50.3 Å². The molecule has 1 aliphatic heterocycles. The highest BCUT2D eigenvalue weighted by molar-refractivity contribution is 5.92. The van der Waals surface area contributed by atoms with Crippen LogP contribution in [0.4, 0.5) is 0 Å². The Hall–Kier alpha value is -2.74. The standard InChI is InChI=1S/C17H21N7O/c1-12-7-15(21-20-12)17(25)23-6-5-22(13(2)10-23)11-14-8-19-16-9-18-3-4-24(14)16/h3-4,7-9,13H,5-6,10-11H2,1-2H3,(H,20,21)/t13-/m1/s1. The number of hydrogen-bond acceptors (Lipinski definition) is 5. The van der Waals surface area contributed by atoms with E-state index in [1.165, 1.54) is 0 Å². The molecule has 1 fully saturated rings. The molecule has 4 heterocycles. The summed E-state index contributed by atoms with van der Waals surface area (Å²) >= 11 is 0. The second-order valence-corrected chi connectivity index (χ2v) is 6.56. The lowest BCUT2D eigenvalue weighted by Gasteiger charge is -2.39. The number of carbonyl (C=O) groups excluding carboxylic acids is 1. The Bertz CT molecular complexity index is 899. The Kier molecular flexibility index (Phi) is 3.96. The summed E-state index contributed by atoms with van der Waals surface area (Å²) in [5.74, 6) is -0.00303. The van der Waals surface area contributed by atoms with Gasteiger partial charge in [0.1, 0.15) is 5.69 Å². The zero-order chi connectivity index (χ0) is 17.4. The van der Waals surface area contributed by atoms with Crippen LogP contribution in [-0.4, -0.2) is 65.9 Å². The molecule has 3 aromatic rings. The van der Waals surface area contributed by atoms with E-state index in [0.717, 1.165) is 30.1 Å². The molecule has 0 bridgehead atoms. The normalized spacial score (nSPS) is 18.8. The Morgan fingerprint density at radius 3 is 3.00 bits per heavy atom. The van der Waals surface area contributed by atoms with Crippen molar-refractivity contribution in [2.45, 2.75) is 26.4 Å². The van der Waals surface area contributed by atoms with E-state index < -0.39 is 0 Å². The van der Waals surface area contributed by atoms with Gasteiger partial charge in [-0.1, -0.05) is 0 Å². The van der Waals surface area contributed by atoms with Gasteiger partial charge in [-0.2, -0.15) is 5.10 Å². The number of aromatic amines is 1. The fourth-order valence-corrected chi connectivity index (χ4v) is 3.32.